The van der Waals surface area contributed by atoms with E-state index in [9.17, 15) is 13.6 Å². The van der Waals surface area contributed by atoms with Crippen LogP contribution in [0.15, 0.2) is 12.1 Å². The van der Waals surface area contributed by atoms with Crippen LogP contribution in [0.3, 0.4) is 0 Å². The van der Waals surface area contributed by atoms with Gasteiger partial charge in [0.1, 0.15) is 16.5 Å². The summed E-state index contributed by atoms with van der Waals surface area (Å²) in [5.41, 5.74) is 4.84. The molecule has 0 saturated carbocycles. The Morgan fingerprint density at radius 3 is 2.64 bits per heavy atom. The number of ether oxygens (including phenoxy) is 1. The molecule has 9 heteroatoms. The highest BCUT2D eigenvalue weighted by Crippen LogP contribution is 2.33. The third-order valence-electron chi connectivity index (χ3n) is 2.68. The standard InChI is InChI=1S/C13H9Cl2F2N3O2/c1-2-22-12(21)11-9(18)10(19-13(15)20-11)5-3-4-6(16)7(14)8(5)17/h3-4H,2,18H2,1H3. The largest absolute Gasteiger partial charge is 0.461 e. The van der Waals surface area contributed by atoms with E-state index in [2.05, 4.69) is 9.97 Å². The molecule has 116 valence electrons. The van der Waals surface area contributed by atoms with Crippen molar-refractivity contribution in [1.29, 1.82) is 0 Å². The molecule has 0 aliphatic carbocycles. The lowest BCUT2D eigenvalue weighted by atomic mass is 10.1. The number of halogens is 4. The van der Waals surface area contributed by atoms with E-state index >= 15 is 0 Å². The summed E-state index contributed by atoms with van der Waals surface area (Å²) in [5, 5.41) is -1.06. The molecule has 2 rings (SSSR count). The van der Waals surface area contributed by atoms with Crippen LogP contribution in [0.5, 0.6) is 0 Å². The van der Waals surface area contributed by atoms with Crippen molar-refractivity contribution in [3.8, 4) is 11.3 Å². The molecule has 0 fully saturated rings. The van der Waals surface area contributed by atoms with Gasteiger partial charge in [0, 0.05) is 5.56 Å². The predicted molar refractivity (Wildman–Crippen MR) is 77.8 cm³/mol. The van der Waals surface area contributed by atoms with Crippen molar-refractivity contribution < 1.29 is 18.3 Å². The molecule has 2 N–H and O–H groups in total. The minimum atomic E-state index is -1.07. The van der Waals surface area contributed by atoms with Crippen molar-refractivity contribution in [2.75, 3.05) is 12.3 Å². The van der Waals surface area contributed by atoms with Crippen LogP contribution in [0, 0.1) is 11.6 Å². The van der Waals surface area contributed by atoms with Crippen molar-refractivity contribution in [2.24, 2.45) is 0 Å². The van der Waals surface area contributed by atoms with Gasteiger partial charge in [0.25, 0.3) is 0 Å². The van der Waals surface area contributed by atoms with E-state index in [4.69, 9.17) is 33.7 Å². The quantitative estimate of drug-likeness (QED) is 0.522. The highest BCUT2D eigenvalue weighted by Gasteiger charge is 2.23. The van der Waals surface area contributed by atoms with E-state index in [1.165, 1.54) is 0 Å². The molecule has 5 nitrogen and oxygen atoms in total. The molecule has 22 heavy (non-hydrogen) atoms. The van der Waals surface area contributed by atoms with Gasteiger partial charge in [0.2, 0.25) is 5.28 Å². The summed E-state index contributed by atoms with van der Waals surface area (Å²) in [5.74, 6) is -2.84. The van der Waals surface area contributed by atoms with Gasteiger partial charge in [-0.3, -0.25) is 0 Å². The number of anilines is 1. The minimum Gasteiger partial charge on any atom is -0.461 e. The zero-order chi connectivity index (χ0) is 16.4. The molecule has 0 bridgehead atoms. The van der Waals surface area contributed by atoms with Gasteiger partial charge in [0.05, 0.1) is 12.3 Å². The van der Waals surface area contributed by atoms with Gasteiger partial charge in [0.15, 0.2) is 11.5 Å². The van der Waals surface area contributed by atoms with E-state index < -0.39 is 22.6 Å². The number of benzene rings is 1. The van der Waals surface area contributed by atoms with Gasteiger partial charge in [-0.05, 0) is 30.7 Å². The molecule has 0 atom stereocenters. The monoisotopic (exact) mass is 347 g/mol. The Hall–Kier alpha value is -1.99. The Kier molecular flexibility index (Phi) is 4.77. The number of aromatic nitrogens is 2. The van der Waals surface area contributed by atoms with E-state index in [0.29, 0.717) is 0 Å². The number of hydrogen-bond donors (Lipinski definition) is 1. The number of carbonyl (C=O) groups excluding carboxylic acids is 1. The van der Waals surface area contributed by atoms with E-state index in [1.807, 2.05) is 0 Å². The summed E-state index contributed by atoms with van der Waals surface area (Å²) in [7, 11) is 0. The number of rotatable bonds is 3. The molecule has 0 radical (unpaired) electrons. The molecule has 0 aliphatic rings. The Bertz CT molecular complexity index is 757. The van der Waals surface area contributed by atoms with Crippen LogP contribution >= 0.6 is 23.2 Å². The maximum atomic E-state index is 14.1. The summed E-state index contributed by atoms with van der Waals surface area (Å²) < 4.78 is 32.1. The van der Waals surface area contributed by atoms with Gasteiger partial charge >= 0.3 is 5.97 Å². The van der Waals surface area contributed by atoms with Crippen molar-refractivity contribution in [1.82, 2.24) is 9.97 Å². The second kappa shape index (κ2) is 6.41. The fourth-order valence-corrected chi connectivity index (χ4v) is 2.05. The molecule has 0 amide bonds. The van der Waals surface area contributed by atoms with Crippen molar-refractivity contribution >= 4 is 34.9 Å². The van der Waals surface area contributed by atoms with Crippen LogP contribution < -0.4 is 5.73 Å². The topological polar surface area (TPSA) is 78.1 Å². The maximum Gasteiger partial charge on any atom is 0.359 e. The fraction of sp³-hybridized carbons (Fsp3) is 0.154. The first kappa shape index (κ1) is 16.4. The Morgan fingerprint density at radius 2 is 2.00 bits per heavy atom. The average Bonchev–Trinajstić information content (AvgIpc) is 2.47. The Morgan fingerprint density at radius 1 is 1.32 bits per heavy atom. The van der Waals surface area contributed by atoms with Crippen molar-refractivity contribution in [2.45, 2.75) is 6.92 Å². The molecule has 0 spiro atoms. The number of nitrogens with two attached hydrogens (primary N) is 1. The molecular weight excluding hydrogens is 339 g/mol. The van der Waals surface area contributed by atoms with Crippen LogP contribution in [0.4, 0.5) is 14.5 Å². The summed E-state index contributed by atoms with van der Waals surface area (Å²) in [6, 6.07) is 2.03. The number of nitrogens with zero attached hydrogens (tertiary/aromatic N) is 2. The number of nitrogen functional groups attached to an aromatic ring is 1. The SMILES string of the molecule is CCOC(=O)c1nc(Cl)nc(-c2ccc(F)c(Cl)c2F)c1N. The van der Waals surface area contributed by atoms with Gasteiger partial charge < -0.3 is 10.5 Å². The Balaban J connectivity index is 2.67. The van der Waals surface area contributed by atoms with Gasteiger partial charge in [-0.15, -0.1) is 0 Å². The lowest BCUT2D eigenvalue weighted by Crippen LogP contribution is -2.13. The summed E-state index contributed by atoms with van der Waals surface area (Å²) in [4.78, 5) is 19.2. The first-order valence-electron chi connectivity index (χ1n) is 6.00. The van der Waals surface area contributed by atoms with Gasteiger partial charge in [-0.2, -0.15) is 0 Å². The number of hydrogen-bond acceptors (Lipinski definition) is 5. The fourth-order valence-electron chi connectivity index (χ4n) is 1.71. The predicted octanol–water partition coefficient (Wildman–Crippen LogP) is 3.49. The second-order valence-corrected chi connectivity index (χ2v) is 4.76. The first-order valence-corrected chi connectivity index (χ1v) is 6.76. The Labute approximate surface area is 134 Å². The zero-order valence-electron chi connectivity index (χ0n) is 11.2. The van der Waals surface area contributed by atoms with Crippen molar-refractivity contribution in [3.63, 3.8) is 0 Å². The molecule has 1 heterocycles. The maximum absolute atomic E-state index is 14.1. The van der Waals surface area contributed by atoms with Crippen LogP contribution in [-0.4, -0.2) is 22.5 Å². The van der Waals surface area contributed by atoms with Crippen LogP contribution in [-0.2, 0) is 4.74 Å². The normalized spacial score (nSPS) is 10.6. The average molecular weight is 348 g/mol. The summed E-state index contributed by atoms with van der Waals surface area (Å²) in [6.45, 7) is 1.68. The van der Waals surface area contributed by atoms with Gasteiger partial charge in [-0.1, -0.05) is 11.6 Å². The van der Waals surface area contributed by atoms with Crippen LogP contribution in [0.2, 0.25) is 10.3 Å². The molecule has 0 saturated heterocycles. The molecule has 1 aromatic heterocycles. The molecular formula is C13H9Cl2F2N3O2. The van der Waals surface area contributed by atoms with E-state index in [-0.39, 0.29) is 34.5 Å². The molecule has 1 aromatic carbocycles. The minimum absolute atomic E-state index is 0.0893. The highest BCUT2D eigenvalue weighted by atomic mass is 35.5. The number of carbonyl (C=O) groups is 1. The van der Waals surface area contributed by atoms with Crippen molar-refractivity contribution in [3.05, 3.63) is 39.8 Å². The number of esters is 1. The third-order valence-corrected chi connectivity index (χ3v) is 3.19. The lowest BCUT2D eigenvalue weighted by molar-refractivity contribution is 0.0520. The van der Waals surface area contributed by atoms with Crippen LogP contribution in [0.25, 0.3) is 11.3 Å². The summed E-state index contributed by atoms with van der Waals surface area (Å²) >= 11 is 11.2. The summed E-state index contributed by atoms with van der Waals surface area (Å²) in [6.07, 6.45) is 0. The lowest BCUT2D eigenvalue weighted by Gasteiger charge is -2.11. The molecule has 2 aromatic rings. The molecule has 0 unspecified atom stereocenters. The molecule has 0 aliphatic heterocycles. The van der Waals surface area contributed by atoms with Gasteiger partial charge in [-0.25, -0.2) is 23.5 Å². The highest BCUT2D eigenvalue weighted by molar-refractivity contribution is 6.31. The van der Waals surface area contributed by atoms with E-state index in [1.54, 1.807) is 6.92 Å². The third kappa shape index (κ3) is 2.95. The smallest absolute Gasteiger partial charge is 0.359 e. The zero-order valence-corrected chi connectivity index (χ0v) is 12.7. The van der Waals surface area contributed by atoms with E-state index in [0.717, 1.165) is 12.1 Å². The first-order chi connectivity index (χ1) is 10.4. The van der Waals surface area contributed by atoms with Crippen LogP contribution in [0.1, 0.15) is 17.4 Å². The second-order valence-electron chi connectivity index (χ2n) is 4.05.